The maximum Gasteiger partial charge on any atom is 0.323 e. The number of amides is 2. The van der Waals surface area contributed by atoms with Crippen LogP contribution in [0.25, 0.3) is 0 Å². The molecule has 6 heteroatoms. The van der Waals surface area contributed by atoms with E-state index in [0.717, 1.165) is 17.8 Å². The van der Waals surface area contributed by atoms with Crippen LogP contribution in [0.15, 0.2) is 6.20 Å². The van der Waals surface area contributed by atoms with Gasteiger partial charge in [-0.05, 0) is 25.7 Å². The van der Waals surface area contributed by atoms with Gasteiger partial charge < -0.3 is 4.90 Å². The molecule has 1 atom stereocenters. The number of aryl methyl sites for hydroxylation is 2. The van der Waals surface area contributed by atoms with E-state index in [-0.39, 0.29) is 17.9 Å². The van der Waals surface area contributed by atoms with Crippen LogP contribution in [-0.4, -0.2) is 33.1 Å². The third-order valence-corrected chi connectivity index (χ3v) is 3.59. The van der Waals surface area contributed by atoms with Crippen molar-refractivity contribution in [3.63, 3.8) is 0 Å². The summed E-state index contributed by atoms with van der Waals surface area (Å²) >= 11 is 0. The summed E-state index contributed by atoms with van der Waals surface area (Å²) in [5.74, 6) is 0.873. The molecule has 1 unspecified atom stereocenters. The SMILES string of the molecule is Cc1nn(C)cc1C1C(=N)NC(=O)N1CC1CC1. The molecule has 0 bridgehead atoms. The summed E-state index contributed by atoms with van der Waals surface area (Å²) in [5.41, 5.74) is 1.83. The third-order valence-electron chi connectivity index (χ3n) is 3.59. The summed E-state index contributed by atoms with van der Waals surface area (Å²) in [7, 11) is 1.86. The van der Waals surface area contributed by atoms with E-state index in [1.54, 1.807) is 9.58 Å². The Morgan fingerprint density at radius 3 is 2.83 bits per heavy atom. The van der Waals surface area contributed by atoms with E-state index in [9.17, 15) is 4.79 Å². The topological polar surface area (TPSA) is 74.0 Å². The van der Waals surface area contributed by atoms with Crippen molar-refractivity contribution in [1.29, 1.82) is 5.41 Å². The Bertz CT molecular complexity index is 517. The second-order valence-electron chi connectivity index (χ2n) is 5.19. The van der Waals surface area contributed by atoms with Gasteiger partial charge in [0.25, 0.3) is 0 Å². The molecule has 2 amide bonds. The first-order valence-corrected chi connectivity index (χ1v) is 6.22. The molecule has 1 aliphatic carbocycles. The molecule has 0 aromatic carbocycles. The summed E-state index contributed by atoms with van der Waals surface area (Å²) in [4.78, 5) is 13.7. The number of aromatic nitrogens is 2. The van der Waals surface area contributed by atoms with Gasteiger partial charge >= 0.3 is 6.03 Å². The molecule has 1 saturated heterocycles. The van der Waals surface area contributed by atoms with Crippen LogP contribution in [0.1, 0.15) is 30.1 Å². The lowest BCUT2D eigenvalue weighted by Crippen LogP contribution is -2.31. The Labute approximate surface area is 105 Å². The summed E-state index contributed by atoms with van der Waals surface area (Å²) in [6.45, 7) is 2.66. The number of carbonyl (C=O) groups is 1. The molecular weight excluding hydrogens is 230 g/mol. The first kappa shape index (κ1) is 11.3. The van der Waals surface area contributed by atoms with Gasteiger partial charge in [-0.15, -0.1) is 0 Å². The molecule has 18 heavy (non-hydrogen) atoms. The smallest absolute Gasteiger partial charge is 0.310 e. The largest absolute Gasteiger partial charge is 0.323 e. The fourth-order valence-corrected chi connectivity index (χ4v) is 2.51. The van der Waals surface area contributed by atoms with Crippen molar-refractivity contribution in [3.05, 3.63) is 17.5 Å². The molecular formula is C12H17N5O. The maximum atomic E-state index is 11.9. The Hall–Kier alpha value is -1.85. The van der Waals surface area contributed by atoms with Crippen LogP contribution in [-0.2, 0) is 7.05 Å². The highest BCUT2D eigenvalue weighted by Crippen LogP contribution is 2.35. The molecule has 96 valence electrons. The van der Waals surface area contributed by atoms with Crippen molar-refractivity contribution in [3.8, 4) is 0 Å². The Morgan fingerprint density at radius 2 is 2.28 bits per heavy atom. The Morgan fingerprint density at radius 1 is 1.56 bits per heavy atom. The molecule has 1 saturated carbocycles. The molecule has 2 heterocycles. The highest BCUT2D eigenvalue weighted by Gasteiger charge is 2.41. The zero-order valence-corrected chi connectivity index (χ0v) is 10.6. The predicted octanol–water partition coefficient (Wildman–Crippen LogP) is 1.18. The number of hydrogen-bond donors (Lipinski definition) is 2. The van der Waals surface area contributed by atoms with Crippen molar-refractivity contribution >= 4 is 11.9 Å². The predicted molar refractivity (Wildman–Crippen MR) is 66.4 cm³/mol. The lowest BCUT2D eigenvalue weighted by molar-refractivity contribution is 0.203. The molecule has 0 radical (unpaired) electrons. The van der Waals surface area contributed by atoms with Gasteiger partial charge in [0.05, 0.1) is 5.69 Å². The van der Waals surface area contributed by atoms with Crippen molar-refractivity contribution in [2.45, 2.75) is 25.8 Å². The van der Waals surface area contributed by atoms with Gasteiger partial charge in [0.15, 0.2) is 0 Å². The van der Waals surface area contributed by atoms with Gasteiger partial charge in [0.1, 0.15) is 11.9 Å². The van der Waals surface area contributed by atoms with Crippen LogP contribution in [0.3, 0.4) is 0 Å². The number of hydrogen-bond acceptors (Lipinski definition) is 3. The fourth-order valence-electron chi connectivity index (χ4n) is 2.51. The normalized spacial score (nSPS) is 23.7. The van der Waals surface area contributed by atoms with Gasteiger partial charge in [0.2, 0.25) is 0 Å². The lowest BCUT2D eigenvalue weighted by Gasteiger charge is -2.22. The van der Waals surface area contributed by atoms with E-state index in [2.05, 4.69) is 10.4 Å². The summed E-state index contributed by atoms with van der Waals surface area (Å²) in [5, 5.41) is 14.9. The van der Waals surface area contributed by atoms with Gasteiger partial charge in [-0.3, -0.25) is 15.4 Å². The molecule has 0 spiro atoms. The third kappa shape index (κ3) is 1.77. The molecule has 2 aliphatic rings. The zero-order valence-electron chi connectivity index (χ0n) is 10.6. The van der Waals surface area contributed by atoms with Gasteiger partial charge in [-0.1, -0.05) is 0 Å². The number of rotatable bonds is 3. The van der Waals surface area contributed by atoms with E-state index >= 15 is 0 Å². The monoisotopic (exact) mass is 247 g/mol. The first-order valence-electron chi connectivity index (χ1n) is 6.22. The molecule has 2 N–H and O–H groups in total. The van der Waals surface area contributed by atoms with E-state index < -0.39 is 0 Å². The Kier molecular flexibility index (Phi) is 2.39. The summed E-state index contributed by atoms with van der Waals surface area (Å²) in [6.07, 6.45) is 4.28. The van der Waals surface area contributed by atoms with Gasteiger partial charge in [-0.2, -0.15) is 5.10 Å². The Balaban J connectivity index is 1.93. The van der Waals surface area contributed by atoms with E-state index in [1.165, 1.54) is 12.8 Å². The zero-order chi connectivity index (χ0) is 12.9. The molecule has 6 nitrogen and oxygen atoms in total. The number of urea groups is 1. The minimum atomic E-state index is -0.285. The number of amidine groups is 1. The van der Waals surface area contributed by atoms with Crippen LogP contribution in [0.4, 0.5) is 4.79 Å². The van der Waals surface area contributed by atoms with Crippen LogP contribution < -0.4 is 5.32 Å². The minimum absolute atomic E-state index is 0.153. The van der Waals surface area contributed by atoms with Gasteiger partial charge in [-0.25, -0.2) is 4.79 Å². The number of nitrogens with one attached hydrogen (secondary N) is 2. The number of nitrogens with zero attached hydrogens (tertiary/aromatic N) is 3. The average molecular weight is 247 g/mol. The van der Waals surface area contributed by atoms with Crippen LogP contribution >= 0.6 is 0 Å². The highest BCUT2D eigenvalue weighted by atomic mass is 16.2. The second kappa shape index (κ2) is 3.83. The summed E-state index contributed by atoms with van der Waals surface area (Å²) < 4.78 is 1.73. The lowest BCUT2D eigenvalue weighted by atomic mass is 10.1. The number of carbonyl (C=O) groups excluding carboxylic acids is 1. The molecule has 1 aromatic heterocycles. The second-order valence-corrected chi connectivity index (χ2v) is 5.19. The molecule has 1 aromatic rings. The van der Waals surface area contributed by atoms with E-state index in [1.807, 2.05) is 20.2 Å². The maximum absolute atomic E-state index is 11.9. The van der Waals surface area contributed by atoms with Crippen molar-refractivity contribution in [2.75, 3.05) is 6.54 Å². The first-order chi connectivity index (χ1) is 8.56. The van der Waals surface area contributed by atoms with Gasteiger partial charge in [0, 0.05) is 25.4 Å². The summed E-state index contributed by atoms with van der Waals surface area (Å²) in [6, 6.07) is -0.438. The van der Waals surface area contributed by atoms with Crippen molar-refractivity contribution < 1.29 is 4.79 Å². The highest BCUT2D eigenvalue weighted by molar-refractivity contribution is 6.06. The van der Waals surface area contributed by atoms with E-state index in [4.69, 9.17) is 5.41 Å². The van der Waals surface area contributed by atoms with Crippen LogP contribution in [0, 0.1) is 18.3 Å². The quantitative estimate of drug-likeness (QED) is 0.841. The van der Waals surface area contributed by atoms with Crippen molar-refractivity contribution in [1.82, 2.24) is 20.0 Å². The van der Waals surface area contributed by atoms with Crippen molar-refractivity contribution in [2.24, 2.45) is 13.0 Å². The molecule has 3 rings (SSSR count). The van der Waals surface area contributed by atoms with E-state index in [0.29, 0.717) is 5.92 Å². The molecule has 1 aliphatic heterocycles. The fraction of sp³-hybridized carbons (Fsp3) is 0.583. The standard InChI is InChI=1S/C12H17N5O/c1-7-9(6-16(2)15-7)10-11(13)14-12(18)17(10)5-8-3-4-8/h6,8,10H,3-5H2,1-2H3,(H2,13,14,18). The molecule has 2 fully saturated rings. The minimum Gasteiger partial charge on any atom is -0.310 e. The van der Waals surface area contributed by atoms with Crippen LogP contribution in [0.2, 0.25) is 0 Å². The van der Waals surface area contributed by atoms with Crippen LogP contribution in [0.5, 0.6) is 0 Å². The average Bonchev–Trinajstić information content (AvgIpc) is 2.98.